The Morgan fingerprint density at radius 3 is 2.28 bits per heavy atom. The minimum atomic E-state index is -0.206. The summed E-state index contributed by atoms with van der Waals surface area (Å²) in [6.45, 7) is 0. The lowest BCUT2D eigenvalue weighted by Gasteiger charge is -2.10. The van der Waals surface area contributed by atoms with Crippen LogP contribution in [0.2, 0.25) is 10.0 Å². The highest BCUT2D eigenvalue weighted by Gasteiger charge is 2.13. The quantitative estimate of drug-likeness (QED) is 0.786. The van der Waals surface area contributed by atoms with E-state index < -0.39 is 0 Å². The van der Waals surface area contributed by atoms with Gasteiger partial charge in [-0.1, -0.05) is 53.5 Å². The molecule has 2 rings (SSSR count). The molecule has 2 aromatic rings. The van der Waals surface area contributed by atoms with Gasteiger partial charge < -0.3 is 0 Å². The molecule has 3 heteroatoms. The number of benzene rings is 2. The molecule has 0 saturated carbocycles. The summed E-state index contributed by atoms with van der Waals surface area (Å²) in [7, 11) is 0. The lowest BCUT2D eigenvalue weighted by molar-refractivity contribution is 0.849. The molecular weight excluding hydrogens is 265 g/mol. The molecule has 1 atom stereocenters. The van der Waals surface area contributed by atoms with E-state index in [9.17, 15) is 5.26 Å². The van der Waals surface area contributed by atoms with Gasteiger partial charge in [-0.05, 0) is 35.7 Å². The van der Waals surface area contributed by atoms with Gasteiger partial charge in [-0.3, -0.25) is 0 Å². The second kappa shape index (κ2) is 5.91. The van der Waals surface area contributed by atoms with E-state index in [0.29, 0.717) is 16.5 Å². The number of nitrogens with zero attached hydrogens (tertiary/aromatic N) is 1. The Bertz CT molecular complexity index is 570. The van der Waals surface area contributed by atoms with Crippen LogP contribution in [-0.2, 0) is 6.42 Å². The summed E-state index contributed by atoms with van der Waals surface area (Å²) in [4.78, 5) is 0. The summed E-state index contributed by atoms with van der Waals surface area (Å²) in [6.07, 6.45) is 0.609. The molecule has 18 heavy (non-hydrogen) atoms. The number of hydrogen-bond acceptors (Lipinski definition) is 1. The Morgan fingerprint density at radius 1 is 1.00 bits per heavy atom. The first-order valence-corrected chi connectivity index (χ1v) is 6.35. The molecule has 0 heterocycles. The van der Waals surface area contributed by atoms with Gasteiger partial charge in [-0.2, -0.15) is 5.26 Å². The molecule has 2 aromatic carbocycles. The topological polar surface area (TPSA) is 23.8 Å². The van der Waals surface area contributed by atoms with Crippen molar-refractivity contribution in [3.05, 3.63) is 69.7 Å². The summed E-state index contributed by atoms with van der Waals surface area (Å²) in [5.41, 5.74) is 1.95. The van der Waals surface area contributed by atoms with Gasteiger partial charge in [0.15, 0.2) is 0 Å². The van der Waals surface area contributed by atoms with E-state index in [2.05, 4.69) is 6.07 Å². The van der Waals surface area contributed by atoms with Crippen LogP contribution in [0.25, 0.3) is 0 Å². The van der Waals surface area contributed by atoms with Gasteiger partial charge in [0.05, 0.1) is 12.0 Å². The summed E-state index contributed by atoms with van der Waals surface area (Å²) < 4.78 is 0. The third-order valence-electron chi connectivity index (χ3n) is 2.81. The average molecular weight is 276 g/mol. The maximum absolute atomic E-state index is 9.27. The Kier molecular flexibility index (Phi) is 4.25. The predicted molar refractivity (Wildman–Crippen MR) is 75.0 cm³/mol. The van der Waals surface area contributed by atoms with Gasteiger partial charge in [0, 0.05) is 10.0 Å². The minimum Gasteiger partial charge on any atom is -0.198 e. The van der Waals surface area contributed by atoms with E-state index in [4.69, 9.17) is 23.2 Å². The van der Waals surface area contributed by atoms with Crippen LogP contribution in [0.4, 0.5) is 0 Å². The molecular formula is C15H11Cl2N. The molecule has 0 aliphatic rings. The first kappa shape index (κ1) is 13.0. The summed E-state index contributed by atoms with van der Waals surface area (Å²) >= 11 is 11.9. The highest BCUT2D eigenvalue weighted by Crippen LogP contribution is 2.25. The van der Waals surface area contributed by atoms with E-state index in [0.717, 1.165) is 11.1 Å². The van der Waals surface area contributed by atoms with Crippen LogP contribution in [0.1, 0.15) is 17.0 Å². The van der Waals surface area contributed by atoms with Gasteiger partial charge in [0.25, 0.3) is 0 Å². The van der Waals surface area contributed by atoms with Crippen LogP contribution in [-0.4, -0.2) is 0 Å². The van der Waals surface area contributed by atoms with Crippen LogP contribution < -0.4 is 0 Å². The van der Waals surface area contributed by atoms with Crippen LogP contribution in [0.3, 0.4) is 0 Å². The molecule has 0 bridgehead atoms. The molecule has 90 valence electrons. The Balaban J connectivity index is 2.23. The normalized spacial score (nSPS) is 11.8. The summed E-state index contributed by atoms with van der Waals surface area (Å²) in [6, 6.07) is 17.3. The van der Waals surface area contributed by atoms with Crippen molar-refractivity contribution in [3.63, 3.8) is 0 Å². The molecule has 0 N–H and O–H groups in total. The fourth-order valence-electron chi connectivity index (χ4n) is 1.82. The zero-order chi connectivity index (χ0) is 13.0. The van der Waals surface area contributed by atoms with E-state index in [-0.39, 0.29) is 5.92 Å². The van der Waals surface area contributed by atoms with Crippen LogP contribution >= 0.6 is 23.2 Å². The van der Waals surface area contributed by atoms with Gasteiger partial charge in [-0.25, -0.2) is 0 Å². The van der Waals surface area contributed by atoms with Crippen LogP contribution in [0.15, 0.2) is 48.5 Å². The summed E-state index contributed by atoms with van der Waals surface area (Å²) in [5, 5.41) is 10.6. The molecule has 0 saturated heterocycles. The maximum atomic E-state index is 9.27. The first-order valence-electron chi connectivity index (χ1n) is 5.59. The molecule has 0 amide bonds. The second-order valence-electron chi connectivity index (χ2n) is 4.03. The zero-order valence-corrected chi connectivity index (χ0v) is 11.1. The standard InChI is InChI=1S/C15H11Cl2N/c16-14-7-5-11(6-8-14)13(10-18)9-12-3-1-2-4-15(12)17/h1-8,13H,9H2/t13-/m1/s1. The predicted octanol–water partition coefficient (Wildman–Crippen LogP) is 4.84. The zero-order valence-electron chi connectivity index (χ0n) is 9.61. The number of hydrogen-bond donors (Lipinski definition) is 0. The van der Waals surface area contributed by atoms with Crippen LogP contribution in [0.5, 0.6) is 0 Å². The van der Waals surface area contributed by atoms with Crippen molar-refractivity contribution >= 4 is 23.2 Å². The fourth-order valence-corrected chi connectivity index (χ4v) is 2.16. The van der Waals surface area contributed by atoms with E-state index in [1.54, 1.807) is 12.1 Å². The third kappa shape index (κ3) is 3.04. The molecule has 1 nitrogen and oxygen atoms in total. The van der Waals surface area contributed by atoms with Gasteiger partial charge in [0.2, 0.25) is 0 Å². The van der Waals surface area contributed by atoms with Crippen molar-refractivity contribution in [2.24, 2.45) is 0 Å². The Morgan fingerprint density at radius 2 is 1.67 bits per heavy atom. The Hall–Kier alpha value is -1.49. The Labute approximate surface area is 117 Å². The van der Waals surface area contributed by atoms with E-state index in [1.807, 2.05) is 36.4 Å². The highest BCUT2D eigenvalue weighted by molar-refractivity contribution is 6.31. The number of rotatable bonds is 3. The minimum absolute atomic E-state index is 0.206. The van der Waals surface area contributed by atoms with Crippen molar-refractivity contribution < 1.29 is 0 Å². The fraction of sp³-hybridized carbons (Fsp3) is 0.133. The van der Waals surface area contributed by atoms with Crippen molar-refractivity contribution in [3.8, 4) is 6.07 Å². The second-order valence-corrected chi connectivity index (χ2v) is 4.87. The monoisotopic (exact) mass is 275 g/mol. The average Bonchev–Trinajstić information content (AvgIpc) is 2.39. The molecule has 0 fully saturated rings. The molecule has 0 spiro atoms. The number of nitriles is 1. The molecule has 0 aromatic heterocycles. The van der Waals surface area contributed by atoms with E-state index in [1.165, 1.54) is 0 Å². The lowest BCUT2D eigenvalue weighted by atomic mass is 9.93. The van der Waals surface area contributed by atoms with Crippen molar-refractivity contribution in [1.29, 1.82) is 5.26 Å². The largest absolute Gasteiger partial charge is 0.198 e. The van der Waals surface area contributed by atoms with Crippen molar-refractivity contribution in [1.82, 2.24) is 0 Å². The van der Waals surface area contributed by atoms with Crippen molar-refractivity contribution in [2.75, 3.05) is 0 Å². The van der Waals surface area contributed by atoms with Crippen LogP contribution in [0, 0.1) is 11.3 Å². The van der Waals surface area contributed by atoms with Crippen molar-refractivity contribution in [2.45, 2.75) is 12.3 Å². The molecule has 0 unspecified atom stereocenters. The SMILES string of the molecule is N#C[C@@H](Cc1ccccc1Cl)c1ccc(Cl)cc1. The van der Waals surface area contributed by atoms with Gasteiger partial charge >= 0.3 is 0 Å². The molecule has 0 aliphatic carbocycles. The lowest BCUT2D eigenvalue weighted by Crippen LogP contribution is -2.00. The van der Waals surface area contributed by atoms with Gasteiger partial charge in [-0.15, -0.1) is 0 Å². The van der Waals surface area contributed by atoms with E-state index >= 15 is 0 Å². The smallest absolute Gasteiger partial charge is 0.0753 e. The molecule has 0 aliphatic heterocycles. The summed E-state index contributed by atoms with van der Waals surface area (Å²) in [5.74, 6) is -0.206. The molecule has 0 radical (unpaired) electrons. The highest BCUT2D eigenvalue weighted by atomic mass is 35.5. The van der Waals surface area contributed by atoms with Gasteiger partial charge in [0.1, 0.15) is 0 Å². The third-order valence-corrected chi connectivity index (χ3v) is 3.43. The number of halogens is 2. The maximum Gasteiger partial charge on any atom is 0.0753 e. The first-order chi connectivity index (χ1) is 8.70.